The van der Waals surface area contributed by atoms with Crippen LogP contribution < -0.4 is 10.3 Å². The maximum Gasteiger partial charge on any atom is 0.252 e. The Morgan fingerprint density at radius 2 is 1.88 bits per heavy atom. The summed E-state index contributed by atoms with van der Waals surface area (Å²) in [5.74, 6) is 1.08. The number of nitrogens with zero attached hydrogens (tertiary/aromatic N) is 1. The Labute approximate surface area is 198 Å². The first-order valence-electron chi connectivity index (χ1n) is 12.7. The number of ether oxygens (including phenoxy) is 1. The highest BCUT2D eigenvalue weighted by molar-refractivity contribution is 5.90. The molecule has 0 unspecified atom stereocenters. The summed E-state index contributed by atoms with van der Waals surface area (Å²) in [6.07, 6.45) is 8.87. The number of nitrogens with one attached hydrogen (secondary N) is 1. The van der Waals surface area contributed by atoms with Crippen molar-refractivity contribution < 1.29 is 9.53 Å². The van der Waals surface area contributed by atoms with E-state index >= 15 is 0 Å². The Morgan fingerprint density at radius 1 is 1.15 bits per heavy atom. The van der Waals surface area contributed by atoms with Crippen molar-refractivity contribution in [2.45, 2.75) is 91.4 Å². The van der Waals surface area contributed by atoms with Crippen LogP contribution in [0.4, 0.5) is 0 Å². The molecule has 0 atom stereocenters. The molecule has 1 fully saturated rings. The van der Waals surface area contributed by atoms with Crippen LogP contribution in [0.25, 0.3) is 10.9 Å². The van der Waals surface area contributed by atoms with Crippen LogP contribution in [-0.4, -0.2) is 36.0 Å². The van der Waals surface area contributed by atoms with E-state index in [1.165, 1.54) is 0 Å². The molecule has 3 rings (SSSR count). The average molecular weight is 455 g/mol. The number of rotatable bonds is 10. The summed E-state index contributed by atoms with van der Waals surface area (Å²) in [6.45, 7) is 10.4. The molecule has 1 aromatic heterocycles. The highest BCUT2D eigenvalue weighted by Crippen LogP contribution is 2.36. The molecule has 1 aliphatic carbocycles. The first-order valence-corrected chi connectivity index (χ1v) is 12.7. The quantitative estimate of drug-likeness (QED) is 0.435. The van der Waals surface area contributed by atoms with Gasteiger partial charge in [0.25, 0.3) is 5.56 Å². The van der Waals surface area contributed by atoms with Crippen LogP contribution >= 0.6 is 0 Å². The third-order valence-corrected chi connectivity index (χ3v) is 6.98. The monoisotopic (exact) mass is 454 g/mol. The Hall–Kier alpha value is -2.30. The van der Waals surface area contributed by atoms with Crippen LogP contribution in [-0.2, 0) is 11.2 Å². The number of benzene rings is 1. The minimum Gasteiger partial charge on any atom is -0.497 e. The largest absolute Gasteiger partial charge is 0.497 e. The van der Waals surface area contributed by atoms with Crippen molar-refractivity contribution in [1.29, 1.82) is 0 Å². The van der Waals surface area contributed by atoms with Gasteiger partial charge in [0, 0.05) is 30.1 Å². The lowest BCUT2D eigenvalue weighted by Gasteiger charge is -2.28. The first-order chi connectivity index (χ1) is 15.7. The smallest absolute Gasteiger partial charge is 0.252 e. The Morgan fingerprint density at radius 3 is 2.52 bits per heavy atom. The molecule has 1 aromatic carbocycles. The molecule has 2 aromatic rings. The molecule has 5 heteroatoms. The molecule has 0 bridgehead atoms. The van der Waals surface area contributed by atoms with E-state index in [0.29, 0.717) is 5.75 Å². The zero-order chi connectivity index (χ0) is 24.0. The Balaban J connectivity index is 1.98. The lowest BCUT2D eigenvalue weighted by Crippen LogP contribution is -2.36. The van der Waals surface area contributed by atoms with Crippen LogP contribution in [0.3, 0.4) is 0 Å². The van der Waals surface area contributed by atoms with Gasteiger partial charge in [0.1, 0.15) is 5.75 Å². The van der Waals surface area contributed by atoms with Gasteiger partial charge >= 0.3 is 0 Å². The number of unbranched alkanes of at least 4 members (excludes halogenated alkanes) is 2. The van der Waals surface area contributed by atoms with Gasteiger partial charge in [0.05, 0.1) is 19.0 Å². The number of H-pyrrole nitrogens is 1. The third kappa shape index (κ3) is 6.61. The van der Waals surface area contributed by atoms with E-state index in [2.05, 4.69) is 32.7 Å². The number of aromatic nitrogens is 1. The van der Waals surface area contributed by atoms with Crippen LogP contribution in [0.2, 0.25) is 0 Å². The number of hydrogen-bond acceptors (Lipinski definition) is 3. The average Bonchev–Trinajstić information content (AvgIpc) is 3.29. The third-order valence-electron chi connectivity index (χ3n) is 6.98. The van der Waals surface area contributed by atoms with E-state index in [0.717, 1.165) is 86.5 Å². The molecular formula is C28H42N2O3. The maximum atomic E-state index is 13.7. The van der Waals surface area contributed by atoms with Gasteiger partial charge in [0.2, 0.25) is 5.91 Å². The Kier molecular flexibility index (Phi) is 8.61. The lowest BCUT2D eigenvalue weighted by atomic mass is 9.89. The second-order valence-corrected chi connectivity index (χ2v) is 10.8. The minimum absolute atomic E-state index is 0.0438. The normalized spacial score (nSPS) is 14.7. The number of fused-ring (bicyclic) bond motifs is 1. The van der Waals surface area contributed by atoms with Crippen molar-refractivity contribution >= 4 is 16.8 Å². The summed E-state index contributed by atoms with van der Waals surface area (Å²) in [6, 6.07) is 5.79. The van der Waals surface area contributed by atoms with E-state index < -0.39 is 0 Å². The van der Waals surface area contributed by atoms with Gasteiger partial charge in [-0.3, -0.25) is 9.59 Å². The molecule has 0 radical (unpaired) electrons. The number of methoxy groups -OCH3 is 1. The summed E-state index contributed by atoms with van der Waals surface area (Å²) in [4.78, 5) is 32.0. The number of pyridine rings is 1. The zero-order valence-corrected chi connectivity index (χ0v) is 21.3. The topological polar surface area (TPSA) is 62.4 Å². The molecule has 0 spiro atoms. The number of aromatic amines is 1. The van der Waals surface area contributed by atoms with E-state index in [1.54, 1.807) is 7.11 Å². The fourth-order valence-corrected chi connectivity index (χ4v) is 4.97. The predicted molar refractivity (Wildman–Crippen MR) is 136 cm³/mol. The Bertz CT molecular complexity index is 997. The van der Waals surface area contributed by atoms with Crippen molar-refractivity contribution in [3.63, 3.8) is 0 Å². The van der Waals surface area contributed by atoms with Crippen LogP contribution in [0.1, 0.15) is 96.1 Å². The van der Waals surface area contributed by atoms with E-state index in [1.807, 2.05) is 23.1 Å². The second kappa shape index (κ2) is 11.2. The summed E-state index contributed by atoms with van der Waals surface area (Å²) in [5, 5.41) is 0.968. The molecule has 33 heavy (non-hydrogen) atoms. The van der Waals surface area contributed by atoms with E-state index in [4.69, 9.17) is 4.74 Å². The molecule has 1 aliphatic rings. The van der Waals surface area contributed by atoms with Gasteiger partial charge in [-0.15, -0.1) is 0 Å². The number of amides is 1. The SMILES string of the molecule is CCCCCN(CCC(C)(C)C)C(=O)Cc1c(C2CCCC2)c(=O)[nH]c2cc(OC)ccc12. The molecule has 5 nitrogen and oxygen atoms in total. The van der Waals surface area contributed by atoms with Gasteiger partial charge in [0.15, 0.2) is 0 Å². The van der Waals surface area contributed by atoms with Crippen molar-refractivity contribution in [2.75, 3.05) is 20.2 Å². The van der Waals surface area contributed by atoms with Crippen molar-refractivity contribution in [3.05, 3.63) is 39.7 Å². The number of hydrogen-bond donors (Lipinski definition) is 1. The summed E-state index contributed by atoms with van der Waals surface area (Å²) < 4.78 is 5.37. The zero-order valence-electron chi connectivity index (χ0n) is 21.3. The van der Waals surface area contributed by atoms with Gasteiger partial charge in [-0.25, -0.2) is 0 Å². The van der Waals surface area contributed by atoms with Crippen molar-refractivity contribution in [2.24, 2.45) is 5.41 Å². The highest BCUT2D eigenvalue weighted by Gasteiger charge is 2.27. The van der Waals surface area contributed by atoms with Gasteiger partial charge < -0.3 is 14.6 Å². The standard InChI is InChI=1S/C28H42N2O3/c1-6-7-10-16-30(17-15-28(2,3)4)25(31)19-23-22-14-13-21(33-5)18-24(22)29-27(32)26(23)20-11-8-9-12-20/h13-14,18,20H,6-12,15-17,19H2,1-5H3,(H,29,32). The molecule has 0 saturated heterocycles. The van der Waals surface area contributed by atoms with Gasteiger partial charge in [-0.1, -0.05) is 53.4 Å². The van der Waals surface area contributed by atoms with Crippen molar-refractivity contribution in [3.8, 4) is 5.75 Å². The minimum atomic E-state index is -0.0438. The molecule has 1 heterocycles. The van der Waals surface area contributed by atoms with Gasteiger partial charge in [-0.05, 0) is 54.7 Å². The first kappa shape index (κ1) is 25.3. The fraction of sp³-hybridized carbons (Fsp3) is 0.643. The molecule has 1 N–H and O–H groups in total. The summed E-state index contributed by atoms with van der Waals surface area (Å²) in [7, 11) is 1.63. The summed E-state index contributed by atoms with van der Waals surface area (Å²) in [5.41, 5.74) is 2.63. The molecule has 0 aliphatic heterocycles. The van der Waals surface area contributed by atoms with E-state index in [-0.39, 0.29) is 29.2 Å². The second-order valence-electron chi connectivity index (χ2n) is 10.8. The fourth-order valence-electron chi connectivity index (χ4n) is 4.97. The molecule has 1 amide bonds. The van der Waals surface area contributed by atoms with Crippen LogP contribution in [0.15, 0.2) is 23.0 Å². The van der Waals surface area contributed by atoms with Crippen molar-refractivity contribution in [1.82, 2.24) is 9.88 Å². The molecule has 182 valence electrons. The molecule has 1 saturated carbocycles. The number of carbonyl (C=O) groups excluding carboxylic acids is 1. The summed E-state index contributed by atoms with van der Waals surface area (Å²) >= 11 is 0. The molecular weight excluding hydrogens is 412 g/mol. The lowest BCUT2D eigenvalue weighted by molar-refractivity contribution is -0.130. The van der Waals surface area contributed by atoms with Crippen LogP contribution in [0, 0.1) is 5.41 Å². The maximum absolute atomic E-state index is 13.7. The van der Waals surface area contributed by atoms with E-state index in [9.17, 15) is 9.59 Å². The number of carbonyl (C=O) groups is 1. The predicted octanol–water partition coefficient (Wildman–Crippen LogP) is 6.19. The van der Waals surface area contributed by atoms with Crippen LogP contribution in [0.5, 0.6) is 5.75 Å². The van der Waals surface area contributed by atoms with Gasteiger partial charge in [-0.2, -0.15) is 0 Å². The highest BCUT2D eigenvalue weighted by atomic mass is 16.5.